The monoisotopic (exact) mass is 369 g/mol. The number of benzene rings is 2. The second kappa shape index (κ2) is 7.49. The number of amides is 1. The lowest BCUT2D eigenvalue weighted by atomic mass is 10.1. The zero-order valence-corrected chi connectivity index (χ0v) is 15.5. The molecule has 0 fully saturated rings. The first-order chi connectivity index (χ1) is 12.9. The molecule has 1 amide bonds. The van der Waals surface area contributed by atoms with Crippen LogP contribution in [0.15, 0.2) is 42.5 Å². The first kappa shape index (κ1) is 18.4. The third kappa shape index (κ3) is 3.62. The van der Waals surface area contributed by atoms with Gasteiger partial charge in [-0.15, -0.1) is 0 Å². The van der Waals surface area contributed by atoms with E-state index in [9.17, 15) is 9.18 Å². The highest BCUT2D eigenvalue weighted by molar-refractivity contribution is 6.04. The first-order valence-corrected chi connectivity index (χ1v) is 8.27. The van der Waals surface area contributed by atoms with Crippen LogP contribution in [-0.2, 0) is 7.05 Å². The Morgan fingerprint density at radius 2 is 1.93 bits per heavy atom. The number of rotatable bonds is 5. The Morgan fingerprint density at radius 3 is 2.59 bits per heavy atom. The summed E-state index contributed by atoms with van der Waals surface area (Å²) in [5.41, 5.74) is 2.34. The van der Waals surface area contributed by atoms with Gasteiger partial charge in [0.05, 0.1) is 25.6 Å². The van der Waals surface area contributed by atoms with Crippen LogP contribution in [0.25, 0.3) is 11.3 Å². The number of nitrogens with zero attached hydrogens (tertiary/aromatic N) is 2. The molecule has 1 heterocycles. The Hall–Kier alpha value is -3.35. The summed E-state index contributed by atoms with van der Waals surface area (Å²) in [6.45, 7) is 1.73. The maximum atomic E-state index is 14.0. The van der Waals surface area contributed by atoms with Gasteiger partial charge in [0, 0.05) is 12.6 Å². The Morgan fingerprint density at radius 1 is 1.15 bits per heavy atom. The molecule has 0 saturated carbocycles. The second-order valence-corrected chi connectivity index (χ2v) is 5.99. The van der Waals surface area contributed by atoms with Gasteiger partial charge in [-0.2, -0.15) is 5.10 Å². The van der Waals surface area contributed by atoms with Gasteiger partial charge < -0.3 is 14.8 Å². The van der Waals surface area contributed by atoms with E-state index >= 15 is 0 Å². The number of nitrogens with one attached hydrogen (secondary N) is 1. The maximum Gasteiger partial charge on any atom is 0.276 e. The van der Waals surface area contributed by atoms with Crippen LogP contribution in [0.1, 0.15) is 16.1 Å². The van der Waals surface area contributed by atoms with Crippen LogP contribution in [0, 0.1) is 12.7 Å². The van der Waals surface area contributed by atoms with Gasteiger partial charge in [-0.25, -0.2) is 4.39 Å². The summed E-state index contributed by atoms with van der Waals surface area (Å²) < 4.78 is 26.2. The second-order valence-electron chi connectivity index (χ2n) is 5.99. The fraction of sp³-hybridized carbons (Fsp3) is 0.200. The summed E-state index contributed by atoms with van der Waals surface area (Å²) in [6, 6.07) is 11.6. The summed E-state index contributed by atoms with van der Waals surface area (Å²) in [5, 5.41) is 6.85. The standard InChI is InChI=1S/C20H20FN3O3/c1-12-6-5-7-15(21)19(12)22-20(25)16-11-17(24(2)23-16)14-10-13(26-3)8-9-18(14)27-4/h5-11H,1-4H3,(H,22,25). The molecule has 27 heavy (non-hydrogen) atoms. The van der Waals surface area contributed by atoms with E-state index in [0.29, 0.717) is 22.8 Å². The highest BCUT2D eigenvalue weighted by atomic mass is 19.1. The van der Waals surface area contributed by atoms with Crippen molar-refractivity contribution in [3.8, 4) is 22.8 Å². The molecule has 0 bridgehead atoms. The number of halogens is 1. The van der Waals surface area contributed by atoms with Gasteiger partial charge in [0.25, 0.3) is 5.91 Å². The van der Waals surface area contributed by atoms with Crippen LogP contribution in [0.3, 0.4) is 0 Å². The van der Waals surface area contributed by atoms with Gasteiger partial charge in [-0.3, -0.25) is 9.48 Å². The van der Waals surface area contributed by atoms with Crippen molar-refractivity contribution in [1.82, 2.24) is 9.78 Å². The number of aryl methyl sites for hydroxylation is 2. The number of aromatic nitrogens is 2. The number of para-hydroxylation sites is 1. The molecule has 3 aromatic rings. The smallest absolute Gasteiger partial charge is 0.276 e. The Bertz CT molecular complexity index is 978. The van der Waals surface area contributed by atoms with E-state index in [4.69, 9.17) is 9.47 Å². The van der Waals surface area contributed by atoms with E-state index in [-0.39, 0.29) is 11.4 Å². The summed E-state index contributed by atoms with van der Waals surface area (Å²) in [4.78, 5) is 12.6. The van der Waals surface area contributed by atoms with Gasteiger partial charge in [0.1, 0.15) is 17.3 Å². The van der Waals surface area contributed by atoms with Crippen molar-refractivity contribution in [2.45, 2.75) is 6.92 Å². The summed E-state index contributed by atoms with van der Waals surface area (Å²) >= 11 is 0. The molecule has 0 aliphatic heterocycles. The Balaban J connectivity index is 1.96. The quantitative estimate of drug-likeness (QED) is 0.743. The van der Waals surface area contributed by atoms with Crippen molar-refractivity contribution in [2.24, 2.45) is 7.05 Å². The molecule has 6 nitrogen and oxygen atoms in total. The summed E-state index contributed by atoms with van der Waals surface area (Å²) in [5.74, 6) is 0.288. The molecule has 2 aromatic carbocycles. The number of hydrogen-bond acceptors (Lipinski definition) is 4. The third-order valence-corrected chi connectivity index (χ3v) is 4.26. The highest BCUT2D eigenvalue weighted by Crippen LogP contribution is 2.33. The number of carbonyl (C=O) groups excluding carboxylic acids is 1. The van der Waals surface area contributed by atoms with E-state index in [1.54, 1.807) is 69.3 Å². The van der Waals surface area contributed by atoms with E-state index in [0.717, 1.165) is 5.56 Å². The van der Waals surface area contributed by atoms with Crippen molar-refractivity contribution in [3.63, 3.8) is 0 Å². The summed E-state index contributed by atoms with van der Waals surface area (Å²) in [7, 11) is 4.86. The Labute approximate surface area is 156 Å². The number of ether oxygens (including phenoxy) is 2. The molecule has 7 heteroatoms. The molecule has 0 radical (unpaired) electrons. The van der Waals surface area contributed by atoms with Crippen molar-refractivity contribution >= 4 is 11.6 Å². The predicted molar refractivity (Wildman–Crippen MR) is 101 cm³/mol. The van der Waals surface area contributed by atoms with Gasteiger partial charge in [0.15, 0.2) is 5.69 Å². The van der Waals surface area contributed by atoms with E-state index < -0.39 is 11.7 Å². The molecule has 0 saturated heterocycles. The zero-order valence-electron chi connectivity index (χ0n) is 15.5. The van der Waals surface area contributed by atoms with Gasteiger partial charge in [-0.1, -0.05) is 12.1 Å². The largest absolute Gasteiger partial charge is 0.497 e. The molecule has 3 rings (SSSR count). The minimum atomic E-state index is -0.494. The molecule has 0 unspecified atom stereocenters. The van der Waals surface area contributed by atoms with Gasteiger partial charge in [0.2, 0.25) is 0 Å². The van der Waals surface area contributed by atoms with Crippen LogP contribution >= 0.6 is 0 Å². The summed E-state index contributed by atoms with van der Waals surface area (Å²) in [6.07, 6.45) is 0. The van der Waals surface area contributed by atoms with Crippen LogP contribution < -0.4 is 14.8 Å². The average Bonchev–Trinajstić information content (AvgIpc) is 3.05. The van der Waals surface area contributed by atoms with Crippen LogP contribution in [0.2, 0.25) is 0 Å². The molecule has 0 aliphatic rings. The number of methoxy groups -OCH3 is 2. The van der Waals surface area contributed by atoms with Gasteiger partial charge >= 0.3 is 0 Å². The fourth-order valence-corrected chi connectivity index (χ4v) is 2.81. The zero-order chi connectivity index (χ0) is 19.6. The van der Waals surface area contributed by atoms with Crippen molar-refractivity contribution in [2.75, 3.05) is 19.5 Å². The highest BCUT2D eigenvalue weighted by Gasteiger charge is 2.19. The predicted octanol–water partition coefficient (Wildman–Crippen LogP) is 3.80. The molecule has 1 N–H and O–H groups in total. The topological polar surface area (TPSA) is 65.4 Å². The van der Waals surface area contributed by atoms with E-state index in [2.05, 4.69) is 10.4 Å². The molecule has 140 valence electrons. The van der Waals surface area contributed by atoms with Crippen molar-refractivity contribution in [1.29, 1.82) is 0 Å². The molecular formula is C20H20FN3O3. The average molecular weight is 369 g/mol. The maximum absolute atomic E-state index is 14.0. The SMILES string of the molecule is COc1ccc(OC)c(-c2cc(C(=O)Nc3c(C)cccc3F)nn2C)c1. The minimum absolute atomic E-state index is 0.147. The van der Waals surface area contributed by atoms with E-state index in [1.165, 1.54) is 6.07 Å². The van der Waals surface area contributed by atoms with Crippen molar-refractivity contribution < 1.29 is 18.7 Å². The van der Waals surface area contributed by atoms with E-state index in [1.807, 2.05) is 0 Å². The van der Waals surface area contributed by atoms with Crippen LogP contribution in [0.5, 0.6) is 11.5 Å². The molecule has 0 aliphatic carbocycles. The van der Waals surface area contributed by atoms with Crippen molar-refractivity contribution in [3.05, 3.63) is 59.5 Å². The fourth-order valence-electron chi connectivity index (χ4n) is 2.81. The number of hydrogen-bond donors (Lipinski definition) is 1. The third-order valence-electron chi connectivity index (χ3n) is 4.26. The Kier molecular flexibility index (Phi) is 5.12. The van der Waals surface area contributed by atoms with Gasteiger partial charge in [-0.05, 0) is 42.8 Å². The van der Waals surface area contributed by atoms with Crippen LogP contribution in [-0.4, -0.2) is 29.9 Å². The molecule has 0 atom stereocenters. The molecular weight excluding hydrogens is 349 g/mol. The normalized spacial score (nSPS) is 10.6. The molecule has 1 aromatic heterocycles. The lowest BCUT2D eigenvalue weighted by Gasteiger charge is -2.10. The van der Waals surface area contributed by atoms with Crippen LogP contribution in [0.4, 0.5) is 10.1 Å². The number of carbonyl (C=O) groups is 1. The lowest BCUT2D eigenvalue weighted by molar-refractivity contribution is 0.102. The minimum Gasteiger partial charge on any atom is -0.497 e. The molecule has 0 spiro atoms. The first-order valence-electron chi connectivity index (χ1n) is 8.27. The lowest BCUT2D eigenvalue weighted by Crippen LogP contribution is -2.15. The number of anilines is 1.